The maximum atomic E-state index is 4.81. The second-order valence-electron chi connectivity index (χ2n) is 7.38. The molecular formula is C23H23ClN2. The molecule has 26 heavy (non-hydrogen) atoms. The Kier molecular flexibility index (Phi) is 4.24. The van der Waals surface area contributed by atoms with E-state index in [1.807, 2.05) is 6.20 Å². The van der Waals surface area contributed by atoms with Crippen LogP contribution in [0, 0.1) is 19.8 Å². The first-order valence-electron chi connectivity index (χ1n) is 9.16. The third kappa shape index (κ3) is 2.69. The van der Waals surface area contributed by atoms with Crippen molar-refractivity contribution in [2.45, 2.75) is 33.2 Å². The Balaban J connectivity index is 0.00000168. The number of halogens is 1. The smallest absolute Gasteiger partial charge is 0.0945 e. The molecular weight excluding hydrogens is 340 g/mol. The zero-order valence-corrected chi connectivity index (χ0v) is 16.0. The van der Waals surface area contributed by atoms with E-state index in [0.29, 0.717) is 0 Å². The fraction of sp³-hybridized carbons (Fsp3) is 0.261. The van der Waals surface area contributed by atoms with Gasteiger partial charge in [0.25, 0.3) is 0 Å². The molecule has 1 aliphatic rings. The summed E-state index contributed by atoms with van der Waals surface area (Å²) in [5.41, 5.74) is 6.40. The van der Waals surface area contributed by atoms with E-state index in [1.54, 1.807) is 0 Å². The van der Waals surface area contributed by atoms with E-state index >= 15 is 0 Å². The van der Waals surface area contributed by atoms with Crippen LogP contribution < -0.4 is 0 Å². The summed E-state index contributed by atoms with van der Waals surface area (Å²) >= 11 is 0. The van der Waals surface area contributed by atoms with Gasteiger partial charge in [0.15, 0.2) is 0 Å². The Morgan fingerprint density at radius 2 is 1.77 bits per heavy atom. The predicted molar refractivity (Wildman–Crippen MR) is 112 cm³/mol. The lowest BCUT2D eigenvalue weighted by Gasteiger charge is -2.11. The first-order chi connectivity index (χ1) is 12.2. The average Bonchev–Trinajstić information content (AvgIpc) is 3.44. The number of hydrogen-bond donors (Lipinski definition) is 0. The number of pyridine rings is 1. The van der Waals surface area contributed by atoms with Crippen molar-refractivity contribution in [3.05, 3.63) is 66.0 Å². The second kappa shape index (κ2) is 6.44. The van der Waals surface area contributed by atoms with Crippen molar-refractivity contribution >= 4 is 34.1 Å². The minimum atomic E-state index is 0. The van der Waals surface area contributed by atoms with Gasteiger partial charge in [-0.2, -0.15) is 0 Å². The van der Waals surface area contributed by atoms with Crippen LogP contribution in [-0.4, -0.2) is 9.55 Å². The van der Waals surface area contributed by atoms with Gasteiger partial charge in [0.2, 0.25) is 0 Å². The summed E-state index contributed by atoms with van der Waals surface area (Å²) in [6.07, 6.45) is 4.69. The van der Waals surface area contributed by atoms with Crippen molar-refractivity contribution in [3.8, 4) is 11.3 Å². The fourth-order valence-electron chi connectivity index (χ4n) is 3.93. The van der Waals surface area contributed by atoms with Gasteiger partial charge in [-0.15, -0.1) is 12.4 Å². The van der Waals surface area contributed by atoms with Crippen LogP contribution in [0.2, 0.25) is 0 Å². The summed E-state index contributed by atoms with van der Waals surface area (Å²) in [7, 11) is 0. The molecule has 1 aliphatic carbocycles. The Morgan fingerprint density at radius 1 is 1.00 bits per heavy atom. The zero-order valence-electron chi connectivity index (χ0n) is 15.2. The van der Waals surface area contributed by atoms with E-state index in [-0.39, 0.29) is 12.4 Å². The average molecular weight is 363 g/mol. The standard InChI is InChI=1S/C23H22N2.ClH/c1-15-16(2)25(14-17-7-8-17)23-21(15)11-12-24-22(23)20-10-9-18-5-3-4-6-19(18)13-20;/h3-6,9-13,17H,7-8,14H2,1-2H3;1H. The number of aromatic nitrogens is 2. The summed E-state index contributed by atoms with van der Waals surface area (Å²) in [5, 5.41) is 3.89. The number of benzene rings is 2. The molecule has 0 aliphatic heterocycles. The molecule has 0 spiro atoms. The molecule has 0 unspecified atom stereocenters. The van der Waals surface area contributed by atoms with E-state index in [0.717, 1.165) is 18.2 Å². The van der Waals surface area contributed by atoms with E-state index in [1.165, 1.54) is 51.3 Å². The summed E-state index contributed by atoms with van der Waals surface area (Å²) in [4.78, 5) is 4.81. The molecule has 0 bridgehead atoms. The molecule has 0 saturated heterocycles. The van der Waals surface area contributed by atoms with Crippen molar-refractivity contribution in [2.75, 3.05) is 0 Å². The predicted octanol–water partition coefficient (Wildman–Crippen LogP) is 6.31. The van der Waals surface area contributed by atoms with Crippen LogP contribution in [0.3, 0.4) is 0 Å². The number of nitrogens with zero attached hydrogens (tertiary/aromatic N) is 2. The van der Waals surface area contributed by atoms with E-state index in [9.17, 15) is 0 Å². The highest BCUT2D eigenvalue weighted by molar-refractivity contribution is 5.97. The Labute approximate surface area is 160 Å². The molecule has 2 aromatic carbocycles. The van der Waals surface area contributed by atoms with Crippen LogP contribution in [0.1, 0.15) is 24.1 Å². The molecule has 0 N–H and O–H groups in total. The lowest BCUT2D eigenvalue weighted by Crippen LogP contribution is -2.03. The van der Waals surface area contributed by atoms with Gasteiger partial charge in [-0.25, -0.2) is 0 Å². The van der Waals surface area contributed by atoms with E-state index < -0.39 is 0 Å². The Morgan fingerprint density at radius 3 is 2.54 bits per heavy atom. The number of fused-ring (bicyclic) bond motifs is 2. The highest BCUT2D eigenvalue weighted by Crippen LogP contribution is 2.37. The van der Waals surface area contributed by atoms with Crippen LogP contribution in [0.25, 0.3) is 32.9 Å². The van der Waals surface area contributed by atoms with Gasteiger partial charge < -0.3 is 4.57 Å². The third-order valence-electron chi connectivity index (χ3n) is 5.71. The maximum Gasteiger partial charge on any atom is 0.0945 e. The Bertz CT molecular complexity index is 1110. The van der Waals surface area contributed by atoms with Gasteiger partial charge in [-0.1, -0.05) is 36.4 Å². The van der Waals surface area contributed by atoms with Crippen LogP contribution >= 0.6 is 12.4 Å². The highest BCUT2D eigenvalue weighted by Gasteiger charge is 2.25. The number of rotatable bonds is 3. The highest BCUT2D eigenvalue weighted by atomic mass is 35.5. The lowest BCUT2D eigenvalue weighted by atomic mass is 10.0. The van der Waals surface area contributed by atoms with Gasteiger partial charge in [0, 0.05) is 29.4 Å². The van der Waals surface area contributed by atoms with E-state index in [2.05, 4.69) is 66.9 Å². The molecule has 132 valence electrons. The molecule has 4 aromatic rings. The fourth-order valence-corrected chi connectivity index (χ4v) is 3.93. The van der Waals surface area contributed by atoms with Gasteiger partial charge in [-0.05, 0) is 61.1 Å². The zero-order chi connectivity index (χ0) is 17.0. The van der Waals surface area contributed by atoms with Crippen LogP contribution in [-0.2, 0) is 6.54 Å². The van der Waals surface area contributed by atoms with Crippen molar-refractivity contribution in [2.24, 2.45) is 5.92 Å². The number of aryl methyl sites for hydroxylation is 1. The summed E-state index contributed by atoms with van der Waals surface area (Å²) in [6.45, 7) is 5.62. The first-order valence-corrected chi connectivity index (χ1v) is 9.16. The van der Waals surface area contributed by atoms with Gasteiger partial charge >= 0.3 is 0 Å². The van der Waals surface area contributed by atoms with Crippen molar-refractivity contribution in [1.82, 2.24) is 9.55 Å². The quantitative estimate of drug-likeness (QED) is 0.418. The second-order valence-corrected chi connectivity index (χ2v) is 7.38. The molecule has 1 fully saturated rings. The molecule has 3 heteroatoms. The largest absolute Gasteiger partial charge is 0.343 e. The van der Waals surface area contributed by atoms with E-state index in [4.69, 9.17) is 4.98 Å². The summed E-state index contributed by atoms with van der Waals surface area (Å²) in [5.74, 6) is 0.846. The van der Waals surface area contributed by atoms with Gasteiger partial charge in [0.05, 0.1) is 11.2 Å². The SMILES string of the molecule is Cc1c(C)n(CC2CC2)c2c(-c3ccc4ccccc4c3)nccc12.Cl. The summed E-state index contributed by atoms with van der Waals surface area (Å²) < 4.78 is 2.51. The van der Waals surface area contributed by atoms with Crippen LogP contribution in [0.4, 0.5) is 0 Å². The van der Waals surface area contributed by atoms with Gasteiger partial charge in [0.1, 0.15) is 0 Å². The van der Waals surface area contributed by atoms with Crippen molar-refractivity contribution in [3.63, 3.8) is 0 Å². The minimum absolute atomic E-state index is 0. The molecule has 2 aromatic heterocycles. The normalized spacial score (nSPS) is 13.9. The third-order valence-corrected chi connectivity index (χ3v) is 5.71. The molecule has 5 rings (SSSR count). The lowest BCUT2D eigenvalue weighted by molar-refractivity contribution is 0.632. The van der Waals surface area contributed by atoms with Crippen LogP contribution in [0.15, 0.2) is 54.7 Å². The first kappa shape index (κ1) is 17.1. The molecule has 0 amide bonds. The summed E-state index contributed by atoms with van der Waals surface area (Å²) in [6, 6.07) is 17.4. The van der Waals surface area contributed by atoms with Crippen molar-refractivity contribution < 1.29 is 0 Å². The minimum Gasteiger partial charge on any atom is -0.343 e. The topological polar surface area (TPSA) is 17.8 Å². The molecule has 2 heterocycles. The van der Waals surface area contributed by atoms with Crippen molar-refractivity contribution in [1.29, 1.82) is 0 Å². The molecule has 0 radical (unpaired) electrons. The van der Waals surface area contributed by atoms with Crippen LogP contribution in [0.5, 0.6) is 0 Å². The molecule has 0 atom stereocenters. The Hall–Kier alpha value is -2.32. The number of hydrogen-bond acceptors (Lipinski definition) is 1. The van der Waals surface area contributed by atoms with Gasteiger partial charge in [-0.3, -0.25) is 4.98 Å². The maximum absolute atomic E-state index is 4.81. The molecule has 2 nitrogen and oxygen atoms in total. The molecule has 1 saturated carbocycles. The monoisotopic (exact) mass is 362 g/mol.